The average Bonchev–Trinajstić information content (AvgIpc) is 3.64. The van der Waals surface area contributed by atoms with Crippen LogP contribution in [0.1, 0.15) is 367 Å². The van der Waals surface area contributed by atoms with Gasteiger partial charge in [-0.25, -0.2) is 0 Å². The zero-order valence-electron chi connectivity index (χ0n) is 59.6. The second-order valence-electron chi connectivity index (χ2n) is 27.1. The predicted molar refractivity (Wildman–Crippen MR) is 385 cm³/mol. The molecular weight excluding hydrogens is 1120 g/mol. The first-order valence-electron chi connectivity index (χ1n) is 38.2. The third kappa shape index (κ3) is 69.6. The number of quaternary nitrogens is 1. The number of phosphoric ester groups is 1. The highest BCUT2D eigenvalue weighted by Gasteiger charge is 2.27. The van der Waals surface area contributed by atoms with Crippen LogP contribution in [-0.2, 0) is 27.9 Å². The Bertz CT molecular complexity index is 1750. The van der Waals surface area contributed by atoms with E-state index in [9.17, 15) is 19.0 Å². The quantitative estimate of drug-likeness (QED) is 0.0212. The fourth-order valence-electron chi connectivity index (χ4n) is 11.2. The highest BCUT2D eigenvalue weighted by Crippen LogP contribution is 2.38. The molecule has 0 aliphatic carbocycles. The van der Waals surface area contributed by atoms with Gasteiger partial charge in [0.05, 0.1) is 33.8 Å². The monoisotopic (exact) mass is 1270 g/mol. The van der Waals surface area contributed by atoms with Crippen molar-refractivity contribution in [1.82, 2.24) is 5.32 Å². The van der Waals surface area contributed by atoms with Gasteiger partial charge in [0.2, 0.25) is 5.91 Å². The first kappa shape index (κ1) is 86.5. The number of hydrogen-bond acceptors (Lipinski definition) is 7. The SMILES string of the molecule is CCCCC/C=C\C/C=C\C/C=C\C/C=C\CCCCCCCCCCCC(=O)OC(/C=C/CCCCCCCCCCC)C(COP(=O)([O-])OCC[N+](C)(C)C)NC(=O)CCCCCCCCCCCCCCCCCCC/C=C/CCCCCCCC. The van der Waals surface area contributed by atoms with Crippen molar-refractivity contribution >= 4 is 19.7 Å². The van der Waals surface area contributed by atoms with Crippen molar-refractivity contribution in [2.45, 2.75) is 380 Å². The molecule has 0 aromatic heterocycles. The van der Waals surface area contributed by atoms with Gasteiger partial charge in [0, 0.05) is 12.8 Å². The van der Waals surface area contributed by atoms with E-state index in [1.54, 1.807) is 0 Å². The molecule has 0 heterocycles. The van der Waals surface area contributed by atoms with Crippen molar-refractivity contribution in [1.29, 1.82) is 0 Å². The predicted octanol–water partition coefficient (Wildman–Crippen LogP) is 24.1. The number of carbonyl (C=O) groups excluding carboxylic acids is 2. The number of phosphoric acid groups is 1. The molecule has 10 heteroatoms. The van der Waals surface area contributed by atoms with E-state index in [-0.39, 0.29) is 31.5 Å². The lowest BCUT2D eigenvalue weighted by molar-refractivity contribution is -0.870. The van der Waals surface area contributed by atoms with Crippen LogP contribution in [0.2, 0.25) is 0 Å². The molecule has 0 aromatic rings. The van der Waals surface area contributed by atoms with Crippen LogP contribution in [0.15, 0.2) is 72.9 Å². The van der Waals surface area contributed by atoms with Gasteiger partial charge >= 0.3 is 5.97 Å². The van der Waals surface area contributed by atoms with Gasteiger partial charge in [0.1, 0.15) is 19.3 Å². The summed E-state index contributed by atoms with van der Waals surface area (Å²) in [5.74, 6) is -0.535. The summed E-state index contributed by atoms with van der Waals surface area (Å²) >= 11 is 0. The molecule has 9 nitrogen and oxygen atoms in total. The van der Waals surface area contributed by atoms with Gasteiger partial charge in [-0.3, -0.25) is 14.2 Å². The van der Waals surface area contributed by atoms with E-state index < -0.39 is 20.0 Å². The molecule has 0 aliphatic rings. The summed E-state index contributed by atoms with van der Waals surface area (Å²) in [4.78, 5) is 40.2. The van der Waals surface area contributed by atoms with Crippen LogP contribution >= 0.6 is 7.82 Å². The number of allylic oxidation sites excluding steroid dienone is 11. The topological polar surface area (TPSA) is 114 Å². The zero-order chi connectivity index (χ0) is 64.9. The van der Waals surface area contributed by atoms with Gasteiger partial charge in [-0.15, -0.1) is 0 Å². The lowest BCUT2D eigenvalue weighted by atomic mass is 10.0. The Morgan fingerprint density at radius 3 is 1.06 bits per heavy atom. The van der Waals surface area contributed by atoms with Gasteiger partial charge in [-0.1, -0.05) is 325 Å². The van der Waals surface area contributed by atoms with Crippen molar-refractivity contribution in [2.24, 2.45) is 0 Å². The standard InChI is InChI=1S/C79H147N2O7P/c1-7-10-13-16-19-22-25-27-29-31-33-35-37-39-40-42-43-45-47-49-51-53-56-59-62-65-68-71-78(82)80-76(75-87-89(84,85)86-74-73-81(4,5)6)77(70-67-64-61-58-55-24-21-18-15-12-9-3)88-79(83)72-69-66-63-60-57-54-52-50-48-46-44-41-38-36-34-32-30-28-26-23-20-17-14-11-8-2/h20,23,27-30,34,36,41,44,67,70,76-77H,7-19,21-22,24-26,31-33,35,37-40,42-43,45-66,68-69,71-75H2,1-6H3,(H-,80,82,84,85)/b23-20-,29-27+,30-28-,36-34-,44-41-,70-67+. The maximum atomic E-state index is 13.6. The third-order valence-corrected chi connectivity index (χ3v) is 18.1. The number of ether oxygens (including phenoxy) is 1. The number of likely N-dealkylation sites (N-methyl/N-ethyl adjacent to an activating group) is 1. The van der Waals surface area contributed by atoms with Crippen molar-refractivity contribution in [2.75, 3.05) is 40.9 Å². The van der Waals surface area contributed by atoms with Crippen LogP contribution < -0.4 is 10.2 Å². The minimum atomic E-state index is -4.71. The Hall–Kier alpha value is -2.55. The van der Waals surface area contributed by atoms with Crippen molar-refractivity contribution in [3.05, 3.63) is 72.9 Å². The number of unbranched alkanes of at least 4 members (excludes halogenated alkanes) is 44. The molecule has 1 amide bonds. The Morgan fingerprint density at radius 2 is 0.685 bits per heavy atom. The van der Waals surface area contributed by atoms with Gasteiger partial charge in [0.15, 0.2) is 0 Å². The number of hydrogen-bond donors (Lipinski definition) is 1. The minimum Gasteiger partial charge on any atom is -0.756 e. The van der Waals surface area contributed by atoms with Gasteiger partial charge in [-0.2, -0.15) is 0 Å². The summed E-state index contributed by atoms with van der Waals surface area (Å²) in [5.41, 5.74) is 0. The smallest absolute Gasteiger partial charge is 0.306 e. The number of rotatable bonds is 70. The van der Waals surface area contributed by atoms with E-state index in [0.717, 1.165) is 89.9 Å². The minimum absolute atomic E-state index is 0.0237. The third-order valence-electron chi connectivity index (χ3n) is 17.1. The number of carbonyl (C=O) groups is 2. The molecule has 520 valence electrons. The normalized spacial score (nSPS) is 13.8. The van der Waals surface area contributed by atoms with E-state index in [0.29, 0.717) is 17.4 Å². The molecule has 0 aliphatic heterocycles. The van der Waals surface area contributed by atoms with Gasteiger partial charge < -0.3 is 28.5 Å². The molecule has 3 unspecified atom stereocenters. The Morgan fingerprint density at radius 1 is 0.393 bits per heavy atom. The Balaban J connectivity index is 4.93. The van der Waals surface area contributed by atoms with E-state index >= 15 is 0 Å². The van der Waals surface area contributed by atoms with Crippen LogP contribution in [0.3, 0.4) is 0 Å². The van der Waals surface area contributed by atoms with E-state index in [1.165, 1.54) is 244 Å². The highest BCUT2D eigenvalue weighted by atomic mass is 31.2. The van der Waals surface area contributed by atoms with Crippen molar-refractivity contribution < 1.29 is 37.3 Å². The fourth-order valence-corrected chi connectivity index (χ4v) is 11.9. The summed E-state index contributed by atoms with van der Waals surface area (Å²) in [6, 6.07) is -0.893. The van der Waals surface area contributed by atoms with E-state index in [4.69, 9.17) is 13.8 Å². The molecule has 0 rings (SSSR count). The molecule has 89 heavy (non-hydrogen) atoms. The van der Waals surface area contributed by atoms with E-state index in [2.05, 4.69) is 86.8 Å². The zero-order valence-corrected chi connectivity index (χ0v) is 60.5. The Labute approximate surface area is 553 Å². The van der Waals surface area contributed by atoms with E-state index in [1.807, 2.05) is 33.3 Å². The first-order valence-corrected chi connectivity index (χ1v) is 39.7. The maximum absolute atomic E-state index is 13.6. The van der Waals surface area contributed by atoms with Crippen LogP contribution in [0.4, 0.5) is 0 Å². The number of nitrogens with zero attached hydrogens (tertiary/aromatic N) is 1. The molecule has 0 bridgehead atoms. The van der Waals surface area contributed by atoms with Crippen molar-refractivity contribution in [3.8, 4) is 0 Å². The lowest BCUT2D eigenvalue weighted by Crippen LogP contribution is -2.47. The first-order chi connectivity index (χ1) is 43.4. The second-order valence-corrected chi connectivity index (χ2v) is 28.6. The van der Waals surface area contributed by atoms with Crippen LogP contribution in [0, 0.1) is 0 Å². The summed E-state index contributed by atoms with van der Waals surface area (Å²) in [6.07, 6.45) is 90.4. The summed E-state index contributed by atoms with van der Waals surface area (Å²) in [5, 5.41) is 3.05. The second kappa shape index (κ2) is 68.3. The van der Waals surface area contributed by atoms with Crippen LogP contribution in [-0.4, -0.2) is 69.4 Å². The number of amides is 1. The lowest BCUT2D eigenvalue weighted by Gasteiger charge is -2.30. The largest absolute Gasteiger partial charge is 0.756 e. The molecule has 0 aromatic carbocycles. The number of nitrogens with one attached hydrogen (secondary N) is 1. The van der Waals surface area contributed by atoms with Gasteiger partial charge in [-0.05, 0) is 102 Å². The number of esters is 1. The average molecular weight is 1270 g/mol. The van der Waals surface area contributed by atoms with Crippen molar-refractivity contribution in [3.63, 3.8) is 0 Å². The molecule has 3 atom stereocenters. The summed E-state index contributed by atoms with van der Waals surface area (Å²) in [6.45, 7) is 6.85. The maximum Gasteiger partial charge on any atom is 0.306 e. The molecule has 0 spiro atoms. The molecule has 0 saturated carbocycles. The van der Waals surface area contributed by atoms with Crippen LogP contribution in [0.5, 0.6) is 0 Å². The van der Waals surface area contributed by atoms with Gasteiger partial charge in [0.25, 0.3) is 7.82 Å². The fraction of sp³-hybridized carbons (Fsp3) is 0.823. The van der Waals surface area contributed by atoms with Crippen LogP contribution in [0.25, 0.3) is 0 Å². The molecular formula is C79H147N2O7P. The Kier molecular flexibility index (Phi) is 66.4. The molecule has 0 fully saturated rings. The summed E-state index contributed by atoms with van der Waals surface area (Å²) in [7, 11) is 1.19. The summed E-state index contributed by atoms with van der Waals surface area (Å²) < 4.78 is 30.5. The molecule has 1 N–H and O–H groups in total. The molecule has 0 radical (unpaired) electrons. The molecule has 0 saturated heterocycles. The highest BCUT2D eigenvalue weighted by molar-refractivity contribution is 7.45.